The summed E-state index contributed by atoms with van der Waals surface area (Å²) in [6.45, 7) is 6.07. The average molecular weight is 251 g/mol. The van der Waals surface area contributed by atoms with Crippen LogP contribution in [0.25, 0.3) is 0 Å². The van der Waals surface area contributed by atoms with Crippen LogP contribution in [0.1, 0.15) is 51.3 Å². The van der Waals surface area contributed by atoms with Gasteiger partial charge in [-0.15, -0.1) is 0 Å². The predicted molar refractivity (Wildman–Crippen MR) is 72.4 cm³/mol. The third-order valence-electron chi connectivity index (χ3n) is 3.84. The van der Waals surface area contributed by atoms with Crippen LogP contribution in [0.3, 0.4) is 0 Å². The zero-order valence-corrected chi connectivity index (χ0v) is 11.5. The van der Waals surface area contributed by atoms with Gasteiger partial charge in [0.25, 0.3) is 0 Å². The van der Waals surface area contributed by atoms with Crippen molar-refractivity contribution in [3.8, 4) is 0 Å². The molecule has 0 atom stereocenters. The zero-order valence-electron chi connectivity index (χ0n) is 11.5. The number of aliphatic hydroxyl groups excluding tert-OH is 1. The van der Waals surface area contributed by atoms with Gasteiger partial charge in [0, 0.05) is 25.3 Å². The van der Waals surface area contributed by atoms with E-state index >= 15 is 0 Å². The predicted octanol–water partition coefficient (Wildman–Crippen LogP) is 2.20. The van der Waals surface area contributed by atoms with Crippen molar-refractivity contribution in [3.05, 3.63) is 18.0 Å². The fraction of sp³-hybridized carbons (Fsp3) is 0.786. The minimum Gasteiger partial charge on any atom is -0.395 e. The normalized spacial score (nSPS) is 17.2. The fourth-order valence-electron chi connectivity index (χ4n) is 2.69. The lowest BCUT2D eigenvalue weighted by atomic mass is 10.3. The summed E-state index contributed by atoms with van der Waals surface area (Å²) in [4.78, 5) is 2.25. The van der Waals surface area contributed by atoms with E-state index in [0.29, 0.717) is 18.6 Å². The lowest BCUT2D eigenvalue weighted by Gasteiger charge is -2.24. The van der Waals surface area contributed by atoms with E-state index in [2.05, 4.69) is 35.7 Å². The third-order valence-corrected chi connectivity index (χ3v) is 3.84. The molecule has 0 saturated heterocycles. The number of hydrogen-bond donors (Lipinski definition) is 1. The number of aliphatic hydroxyl groups is 1. The molecule has 1 heterocycles. The van der Waals surface area contributed by atoms with Gasteiger partial charge in [-0.2, -0.15) is 5.10 Å². The Morgan fingerprint density at radius 2 is 2.17 bits per heavy atom. The molecule has 0 radical (unpaired) electrons. The Bertz CT molecular complexity index is 356. The molecule has 4 nitrogen and oxygen atoms in total. The highest BCUT2D eigenvalue weighted by Gasteiger charge is 2.18. The molecule has 1 saturated carbocycles. The Morgan fingerprint density at radius 3 is 2.78 bits per heavy atom. The molecule has 1 aromatic heterocycles. The van der Waals surface area contributed by atoms with Crippen LogP contribution < -0.4 is 0 Å². The molecular formula is C14H25N3O. The van der Waals surface area contributed by atoms with Gasteiger partial charge in [-0.3, -0.25) is 9.58 Å². The van der Waals surface area contributed by atoms with Gasteiger partial charge in [0.05, 0.1) is 18.3 Å². The molecule has 4 heteroatoms. The topological polar surface area (TPSA) is 41.3 Å². The molecule has 0 aliphatic heterocycles. The largest absolute Gasteiger partial charge is 0.395 e. The second-order valence-electron chi connectivity index (χ2n) is 5.51. The molecule has 18 heavy (non-hydrogen) atoms. The Hall–Kier alpha value is -0.870. The van der Waals surface area contributed by atoms with Crippen molar-refractivity contribution in [1.82, 2.24) is 14.7 Å². The van der Waals surface area contributed by atoms with Gasteiger partial charge in [0.15, 0.2) is 0 Å². The van der Waals surface area contributed by atoms with E-state index in [-0.39, 0.29) is 6.61 Å². The highest BCUT2D eigenvalue weighted by molar-refractivity contribution is 5.00. The van der Waals surface area contributed by atoms with E-state index in [9.17, 15) is 0 Å². The molecule has 2 rings (SSSR count). The molecule has 102 valence electrons. The SMILES string of the molecule is CC(C)N(CCO)Cc1ccn(C2CCCC2)n1. The lowest BCUT2D eigenvalue weighted by molar-refractivity contribution is 0.157. The van der Waals surface area contributed by atoms with Crippen LogP contribution in [0, 0.1) is 0 Å². The molecule has 0 bridgehead atoms. The van der Waals surface area contributed by atoms with Crippen molar-refractivity contribution >= 4 is 0 Å². The minimum atomic E-state index is 0.210. The van der Waals surface area contributed by atoms with E-state index in [1.54, 1.807) is 0 Å². The molecule has 1 aliphatic rings. The smallest absolute Gasteiger partial charge is 0.0765 e. The molecule has 1 N–H and O–H groups in total. The molecule has 0 unspecified atom stereocenters. The molecule has 1 fully saturated rings. The summed E-state index contributed by atoms with van der Waals surface area (Å²) in [5.74, 6) is 0. The summed E-state index contributed by atoms with van der Waals surface area (Å²) in [5.41, 5.74) is 1.11. The van der Waals surface area contributed by atoms with Crippen molar-refractivity contribution in [2.24, 2.45) is 0 Å². The molecule has 0 aromatic carbocycles. The van der Waals surface area contributed by atoms with Crippen LogP contribution >= 0.6 is 0 Å². The van der Waals surface area contributed by atoms with Crippen LogP contribution in [-0.4, -0.2) is 39.0 Å². The van der Waals surface area contributed by atoms with Gasteiger partial charge >= 0.3 is 0 Å². The van der Waals surface area contributed by atoms with Gasteiger partial charge in [-0.05, 0) is 32.8 Å². The van der Waals surface area contributed by atoms with E-state index in [4.69, 9.17) is 10.2 Å². The Kier molecular flexibility index (Phi) is 4.78. The Labute approximate surface area is 110 Å². The van der Waals surface area contributed by atoms with Crippen molar-refractivity contribution in [2.45, 2.75) is 58.2 Å². The van der Waals surface area contributed by atoms with Gasteiger partial charge in [-0.25, -0.2) is 0 Å². The summed E-state index contributed by atoms with van der Waals surface area (Å²) in [5, 5.41) is 13.8. The molecule has 0 amide bonds. The maximum absolute atomic E-state index is 9.07. The van der Waals surface area contributed by atoms with Crippen LogP contribution in [0.4, 0.5) is 0 Å². The van der Waals surface area contributed by atoms with E-state index in [1.807, 2.05) is 0 Å². The number of rotatable bonds is 6. The van der Waals surface area contributed by atoms with Crippen molar-refractivity contribution in [2.75, 3.05) is 13.2 Å². The highest BCUT2D eigenvalue weighted by atomic mass is 16.3. The molecule has 1 aliphatic carbocycles. The summed E-state index contributed by atoms with van der Waals surface area (Å²) in [7, 11) is 0. The maximum atomic E-state index is 9.07. The van der Waals surface area contributed by atoms with Gasteiger partial charge < -0.3 is 5.11 Å². The van der Waals surface area contributed by atoms with E-state index in [0.717, 1.165) is 12.2 Å². The first-order valence-electron chi connectivity index (χ1n) is 7.09. The van der Waals surface area contributed by atoms with Crippen molar-refractivity contribution < 1.29 is 5.11 Å². The summed E-state index contributed by atoms with van der Waals surface area (Å²) < 4.78 is 2.14. The van der Waals surface area contributed by atoms with Gasteiger partial charge in [0.1, 0.15) is 0 Å². The minimum absolute atomic E-state index is 0.210. The summed E-state index contributed by atoms with van der Waals surface area (Å²) >= 11 is 0. The summed E-state index contributed by atoms with van der Waals surface area (Å²) in [6.07, 6.45) is 7.32. The van der Waals surface area contributed by atoms with Crippen LogP contribution in [0.5, 0.6) is 0 Å². The molecule has 0 spiro atoms. The molecule has 1 aromatic rings. The summed E-state index contributed by atoms with van der Waals surface area (Å²) in [6, 6.07) is 3.17. The highest BCUT2D eigenvalue weighted by Crippen LogP contribution is 2.28. The van der Waals surface area contributed by atoms with Crippen LogP contribution in [0.2, 0.25) is 0 Å². The first-order chi connectivity index (χ1) is 8.70. The Morgan fingerprint density at radius 1 is 1.44 bits per heavy atom. The standard InChI is InChI=1S/C14H25N3O/c1-12(2)16(9-10-18)11-13-7-8-17(15-13)14-5-3-4-6-14/h7-8,12,14,18H,3-6,9-11H2,1-2H3. The third kappa shape index (κ3) is 3.33. The zero-order chi connectivity index (χ0) is 13.0. The fourth-order valence-corrected chi connectivity index (χ4v) is 2.69. The second-order valence-corrected chi connectivity index (χ2v) is 5.51. The van der Waals surface area contributed by atoms with Crippen LogP contribution in [0.15, 0.2) is 12.3 Å². The quantitative estimate of drug-likeness (QED) is 0.842. The number of hydrogen-bond acceptors (Lipinski definition) is 3. The monoisotopic (exact) mass is 251 g/mol. The second kappa shape index (κ2) is 6.34. The average Bonchev–Trinajstić information content (AvgIpc) is 2.98. The van der Waals surface area contributed by atoms with E-state index < -0.39 is 0 Å². The first-order valence-corrected chi connectivity index (χ1v) is 7.09. The lowest BCUT2D eigenvalue weighted by Crippen LogP contribution is -2.33. The van der Waals surface area contributed by atoms with Crippen molar-refractivity contribution in [3.63, 3.8) is 0 Å². The van der Waals surface area contributed by atoms with Crippen LogP contribution in [-0.2, 0) is 6.54 Å². The Balaban J connectivity index is 1.96. The first kappa shape index (κ1) is 13.6. The number of aromatic nitrogens is 2. The number of nitrogens with zero attached hydrogens (tertiary/aromatic N) is 3. The van der Waals surface area contributed by atoms with Gasteiger partial charge in [0.2, 0.25) is 0 Å². The van der Waals surface area contributed by atoms with E-state index in [1.165, 1.54) is 25.7 Å². The maximum Gasteiger partial charge on any atom is 0.0765 e. The van der Waals surface area contributed by atoms with Gasteiger partial charge in [-0.1, -0.05) is 12.8 Å². The molecular weight excluding hydrogens is 226 g/mol. The van der Waals surface area contributed by atoms with Crippen molar-refractivity contribution in [1.29, 1.82) is 0 Å².